The van der Waals surface area contributed by atoms with E-state index < -0.39 is 17.9 Å². The van der Waals surface area contributed by atoms with E-state index in [1.54, 1.807) is 6.92 Å². The number of aliphatic carboxylic acids is 1. The van der Waals surface area contributed by atoms with Crippen LogP contribution in [0.3, 0.4) is 0 Å². The third-order valence-corrected chi connectivity index (χ3v) is 3.43. The SMILES string of the molecule is C[C@@H]1CN(C(=O)COc2ccc(F)cc2Cl)CC(C(=O)O)O1. The van der Waals surface area contributed by atoms with Crippen LogP contribution in [0.15, 0.2) is 18.2 Å². The molecule has 1 aromatic rings. The second-order valence-electron chi connectivity index (χ2n) is 4.94. The molecule has 120 valence electrons. The summed E-state index contributed by atoms with van der Waals surface area (Å²) in [5.74, 6) is -1.82. The van der Waals surface area contributed by atoms with Gasteiger partial charge in [0.25, 0.3) is 5.91 Å². The zero-order chi connectivity index (χ0) is 16.3. The van der Waals surface area contributed by atoms with Crippen molar-refractivity contribution in [3.8, 4) is 5.75 Å². The van der Waals surface area contributed by atoms with Crippen LogP contribution in [0.2, 0.25) is 5.02 Å². The molecule has 1 aliphatic heterocycles. The van der Waals surface area contributed by atoms with Crippen molar-refractivity contribution >= 4 is 23.5 Å². The maximum atomic E-state index is 12.9. The second kappa shape index (κ2) is 6.93. The first-order chi connectivity index (χ1) is 10.4. The van der Waals surface area contributed by atoms with Crippen molar-refractivity contribution in [2.45, 2.75) is 19.1 Å². The van der Waals surface area contributed by atoms with Crippen molar-refractivity contribution in [2.75, 3.05) is 19.7 Å². The Bertz CT molecular complexity index is 582. The summed E-state index contributed by atoms with van der Waals surface area (Å²) < 4.78 is 23.4. The molecule has 0 radical (unpaired) electrons. The van der Waals surface area contributed by atoms with Crippen LogP contribution in [-0.4, -0.2) is 53.8 Å². The molecule has 0 aromatic heterocycles. The summed E-state index contributed by atoms with van der Waals surface area (Å²) in [5.41, 5.74) is 0. The van der Waals surface area contributed by atoms with Crippen LogP contribution in [0.5, 0.6) is 5.75 Å². The van der Waals surface area contributed by atoms with Crippen LogP contribution < -0.4 is 4.74 Å². The summed E-state index contributed by atoms with van der Waals surface area (Å²) in [5, 5.41) is 9.04. The molecule has 0 bridgehead atoms. The van der Waals surface area contributed by atoms with E-state index in [0.717, 1.165) is 6.07 Å². The van der Waals surface area contributed by atoms with Crippen molar-refractivity contribution in [2.24, 2.45) is 0 Å². The van der Waals surface area contributed by atoms with Gasteiger partial charge in [-0.15, -0.1) is 0 Å². The van der Waals surface area contributed by atoms with Crippen LogP contribution in [0, 0.1) is 5.82 Å². The lowest BCUT2D eigenvalue weighted by molar-refractivity contribution is -0.167. The number of carbonyl (C=O) groups is 2. The number of hydrogen-bond donors (Lipinski definition) is 1. The van der Waals surface area contributed by atoms with Gasteiger partial charge in [0, 0.05) is 6.54 Å². The predicted octanol–water partition coefficient (Wildman–Crippen LogP) is 1.56. The van der Waals surface area contributed by atoms with Gasteiger partial charge in [0.2, 0.25) is 0 Å². The van der Waals surface area contributed by atoms with E-state index in [-0.39, 0.29) is 42.5 Å². The van der Waals surface area contributed by atoms with Crippen molar-refractivity contribution in [3.63, 3.8) is 0 Å². The summed E-state index contributed by atoms with van der Waals surface area (Å²) in [6, 6.07) is 3.58. The topological polar surface area (TPSA) is 76.1 Å². The summed E-state index contributed by atoms with van der Waals surface area (Å²) in [4.78, 5) is 24.4. The number of rotatable bonds is 4. The molecule has 1 amide bonds. The van der Waals surface area contributed by atoms with Gasteiger partial charge in [-0.1, -0.05) is 11.6 Å². The molecule has 1 heterocycles. The average molecular weight is 332 g/mol. The maximum absolute atomic E-state index is 12.9. The number of hydrogen-bond acceptors (Lipinski definition) is 4. The molecule has 0 aliphatic carbocycles. The van der Waals surface area contributed by atoms with Crippen molar-refractivity contribution < 1.29 is 28.6 Å². The summed E-state index contributed by atoms with van der Waals surface area (Å²) in [6.45, 7) is 1.61. The number of ether oxygens (including phenoxy) is 2. The largest absolute Gasteiger partial charge is 0.482 e. The Hall–Kier alpha value is -1.86. The Balaban J connectivity index is 1.95. The molecule has 1 saturated heterocycles. The smallest absolute Gasteiger partial charge is 0.334 e. The van der Waals surface area contributed by atoms with Gasteiger partial charge in [-0.2, -0.15) is 0 Å². The van der Waals surface area contributed by atoms with Gasteiger partial charge in [0.05, 0.1) is 17.7 Å². The van der Waals surface area contributed by atoms with Crippen LogP contribution in [0.1, 0.15) is 6.92 Å². The predicted molar refractivity (Wildman–Crippen MR) is 75.5 cm³/mol. The van der Waals surface area contributed by atoms with Gasteiger partial charge < -0.3 is 19.5 Å². The van der Waals surface area contributed by atoms with Gasteiger partial charge in [-0.3, -0.25) is 4.79 Å². The minimum absolute atomic E-state index is 0.0426. The van der Waals surface area contributed by atoms with Crippen LogP contribution in [-0.2, 0) is 14.3 Å². The van der Waals surface area contributed by atoms with Gasteiger partial charge in [0.15, 0.2) is 12.7 Å². The van der Waals surface area contributed by atoms with Crippen molar-refractivity contribution in [1.29, 1.82) is 0 Å². The molecule has 1 aliphatic rings. The van der Waals surface area contributed by atoms with E-state index in [1.807, 2.05) is 0 Å². The van der Waals surface area contributed by atoms with E-state index in [9.17, 15) is 14.0 Å². The normalized spacial score (nSPS) is 21.5. The molecule has 22 heavy (non-hydrogen) atoms. The van der Waals surface area contributed by atoms with Gasteiger partial charge in [-0.05, 0) is 25.1 Å². The number of morpholine rings is 1. The molecule has 2 atom stereocenters. The molecule has 2 rings (SSSR count). The highest BCUT2D eigenvalue weighted by atomic mass is 35.5. The molecular formula is C14H15ClFNO5. The second-order valence-corrected chi connectivity index (χ2v) is 5.34. The molecule has 0 spiro atoms. The minimum atomic E-state index is -1.12. The van der Waals surface area contributed by atoms with Crippen molar-refractivity contribution in [1.82, 2.24) is 4.90 Å². The van der Waals surface area contributed by atoms with Gasteiger partial charge >= 0.3 is 5.97 Å². The number of amides is 1. The maximum Gasteiger partial charge on any atom is 0.334 e. The Morgan fingerprint density at radius 2 is 2.23 bits per heavy atom. The lowest BCUT2D eigenvalue weighted by Crippen LogP contribution is -2.52. The minimum Gasteiger partial charge on any atom is -0.482 e. The molecule has 1 fully saturated rings. The Morgan fingerprint density at radius 1 is 1.50 bits per heavy atom. The van der Waals surface area contributed by atoms with E-state index in [4.69, 9.17) is 26.2 Å². The lowest BCUT2D eigenvalue weighted by Gasteiger charge is -2.34. The molecule has 1 N–H and O–H groups in total. The molecule has 1 aromatic carbocycles. The Kier molecular flexibility index (Phi) is 5.20. The third-order valence-electron chi connectivity index (χ3n) is 3.13. The first-order valence-corrected chi connectivity index (χ1v) is 6.98. The monoisotopic (exact) mass is 331 g/mol. The molecular weight excluding hydrogens is 317 g/mol. The number of carbonyl (C=O) groups excluding carboxylic acids is 1. The number of carboxylic acid groups (broad SMARTS) is 1. The lowest BCUT2D eigenvalue weighted by atomic mass is 10.2. The average Bonchev–Trinajstić information content (AvgIpc) is 2.45. The highest BCUT2D eigenvalue weighted by Crippen LogP contribution is 2.25. The number of halogens is 2. The quantitative estimate of drug-likeness (QED) is 0.906. The van der Waals surface area contributed by atoms with E-state index in [2.05, 4.69) is 0 Å². The first-order valence-electron chi connectivity index (χ1n) is 6.60. The molecule has 1 unspecified atom stereocenters. The van der Waals surface area contributed by atoms with Gasteiger partial charge in [-0.25, -0.2) is 9.18 Å². The van der Waals surface area contributed by atoms with E-state index >= 15 is 0 Å². The van der Waals surface area contributed by atoms with E-state index in [1.165, 1.54) is 17.0 Å². The van der Waals surface area contributed by atoms with Gasteiger partial charge in [0.1, 0.15) is 11.6 Å². The fourth-order valence-corrected chi connectivity index (χ4v) is 2.34. The summed E-state index contributed by atoms with van der Waals surface area (Å²) in [6.07, 6.45) is -1.43. The standard InChI is InChI=1S/C14H15ClFNO5/c1-8-5-17(6-12(22-8)14(19)20)13(18)7-21-11-3-2-9(16)4-10(11)15/h2-4,8,12H,5-7H2,1H3,(H,19,20)/t8-,12?/m1/s1. The van der Waals surface area contributed by atoms with Crippen LogP contribution in [0.25, 0.3) is 0 Å². The number of benzene rings is 1. The highest BCUT2D eigenvalue weighted by molar-refractivity contribution is 6.32. The number of nitrogens with zero attached hydrogens (tertiary/aromatic N) is 1. The molecule has 8 heteroatoms. The highest BCUT2D eigenvalue weighted by Gasteiger charge is 2.32. The zero-order valence-electron chi connectivity index (χ0n) is 11.8. The fourth-order valence-electron chi connectivity index (χ4n) is 2.11. The first kappa shape index (κ1) is 16.5. The van der Waals surface area contributed by atoms with Crippen LogP contribution >= 0.6 is 11.6 Å². The fraction of sp³-hybridized carbons (Fsp3) is 0.429. The van der Waals surface area contributed by atoms with Crippen molar-refractivity contribution in [3.05, 3.63) is 29.0 Å². The zero-order valence-corrected chi connectivity index (χ0v) is 12.5. The number of carboxylic acids is 1. The molecule has 6 nitrogen and oxygen atoms in total. The summed E-state index contributed by atoms with van der Waals surface area (Å²) >= 11 is 5.80. The summed E-state index contributed by atoms with van der Waals surface area (Å²) in [7, 11) is 0. The molecule has 0 saturated carbocycles. The van der Waals surface area contributed by atoms with Crippen LogP contribution in [0.4, 0.5) is 4.39 Å². The Labute approximate surface area is 131 Å². The Morgan fingerprint density at radius 3 is 2.86 bits per heavy atom. The third kappa shape index (κ3) is 4.08. The van der Waals surface area contributed by atoms with E-state index in [0.29, 0.717) is 0 Å².